The molecule has 5 aromatic rings. The zero-order valence-electron chi connectivity index (χ0n) is 28.2. The van der Waals surface area contributed by atoms with E-state index >= 15 is 0 Å². The highest BCUT2D eigenvalue weighted by Crippen LogP contribution is 2.35. The average Bonchev–Trinajstić information content (AvgIpc) is 3.47. The van der Waals surface area contributed by atoms with Gasteiger partial charge in [-0.3, -0.25) is 9.69 Å². The molecule has 2 aromatic carbocycles. The van der Waals surface area contributed by atoms with Crippen molar-refractivity contribution in [1.29, 1.82) is 0 Å². The second kappa shape index (κ2) is 14.4. The number of rotatable bonds is 11. The van der Waals surface area contributed by atoms with Gasteiger partial charge in [0.2, 0.25) is 5.91 Å². The van der Waals surface area contributed by atoms with Crippen molar-refractivity contribution in [3.05, 3.63) is 95.8 Å². The fourth-order valence-electron chi connectivity index (χ4n) is 6.68. The van der Waals surface area contributed by atoms with Gasteiger partial charge in [0.1, 0.15) is 0 Å². The third kappa shape index (κ3) is 7.50. The number of allylic oxidation sites excluding steroid dienone is 2. The summed E-state index contributed by atoms with van der Waals surface area (Å²) in [6.07, 6.45) is 12.0. The number of pyridine rings is 1. The van der Waals surface area contributed by atoms with Crippen LogP contribution in [0.3, 0.4) is 0 Å². The van der Waals surface area contributed by atoms with E-state index in [1.165, 1.54) is 23.4 Å². The molecule has 48 heavy (non-hydrogen) atoms. The molecule has 1 atom stereocenters. The lowest BCUT2D eigenvalue weighted by Gasteiger charge is -2.31. The highest BCUT2D eigenvalue weighted by molar-refractivity contribution is 7.90. The smallest absolute Gasteiger partial charge is 0.227 e. The van der Waals surface area contributed by atoms with Crippen molar-refractivity contribution in [1.82, 2.24) is 24.5 Å². The van der Waals surface area contributed by atoms with Gasteiger partial charge in [-0.1, -0.05) is 49.4 Å². The van der Waals surface area contributed by atoms with E-state index in [2.05, 4.69) is 76.6 Å². The number of nitrogens with zero attached hydrogens (tertiary/aromatic N) is 5. The first kappa shape index (κ1) is 33.5. The van der Waals surface area contributed by atoms with Crippen LogP contribution in [0.1, 0.15) is 68.7 Å². The normalized spacial score (nSPS) is 15.4. The standard InChI is InChI=1S/C38H44N6O3S/c1-5-7-8-10-28(6-2)34-22-31-24-39-35-21-26(3)42-44(35)37(31)41-36(34)29-15-13-27(14-16-29)25-43-19-17-30(18-20-43)38(45)40-32-11-9-12-33(23-32)48(4,46)47/h5,7,9,11-16,21-24,28,30H,6,8,10,17-20,25H2,1-4H3,(H,40,45). The molecule has 3 aromatic heterocycles. The lowest BCUT2D eigenvalue weighted by atomic mass is 9.88. The maximum atomic E-state index is 13.0. The van der Waals surface area contributed by atoms with Gasteiger partial charge in [-0.15, -0.1) is 0 Å². The van der Waals surface area contributed by atoms with E-state index in [4.69, 9.17) is 4.98 Å². The summed E-state index contributed by atoms with van der Waals surface area (Å²) in [5, 5.41) is 8.60. The largest absolute Gasteiger partial charge is 0.326 e. The van der Waals surface area contributed by atoms with E-state index in [0.717, 1.165) is 85.4 Å². The molecule has 4 heterocycles. The molecule has 0 aliphatic carbocycles. The van der Waals surface area contributed by atoms with E-state index in [9.17, 15) is 13.2 Å². The molecular weight excluding hydrogens is 621 g/mol. The number of aryl methyl sites for hydroxylation is 1. The van der Waals surface area contributed by atoms with Crippen molar-refractivity contribution in [2.24, 2.45) is 5.92 Å². The summed E-state index contributed by atoms with van der Waals surface area (Å²) in [5.41, 5.74) is 7.58. The number of sulfone groups is 1. The van der Waals surface area contributed by atoms with Crippen LogP contribution in [0, 0.1) is 12.8 Å². The van der Waals surface area contributed by atoms with Crippen LogP contribution in [0.2, 0.25) is 0 Å². The van der Waals surface area contributed by atoms with Crippen LogP contribution >= 0.6 is 0 Å². The third-order valence-corrected chi connectivity index (χ3v) is 10.5. The third-order valence-electron chi connectivity index (χ3n) is 9.38. The Balaban J connectivity index is 1.17. The number of hydrogen-bond donors (Lipinski definition) is 1. The number of benzene rings is 2. The molecular formula is C38H44N6O3S. The Labute approximate surface area is 283 Å². The van der Waals surface area contributed by atoms with Gasteiger partial charge in [-0.25, -0.2) is 18.4 Å². The van der Waals surface area contributed by atoms with Crippen LogP contribution < -0.4 is 5.32 Å². The molecule has 0 saturated carbocycles. The zero-order chi connectivity index (χ0) is 33.8. The van der Waals surface area contributed by atoms with Gasteiger partial charge < -0.3 is 5.32 Å². The van der Waals surface area contributed by atoms with Gasteiger partial charge in [-0.2, -0.15) is 9.61 Å². The highest BCUT2D eigenvalue weighted by Gasteiger charge is 2.26. The second-order valence-corrected chi connectivity index (χ2v) is 15.0. The first-order valence-corrected chi connectivity index (χ1v) is 18.7. The van der Waals surface area contributed by atoms with Crippen molar-refractivity contribution in [3.8, 4) is 11.3 Å². The topological polar surface area (TPSA) is 110 Å². The molecule has 1 fully saturated rings. The summed E-state index contributed by atoms with van der Waals surface area (Å²) in [5.74, 6) is 0.199. The summed E-state index contributed by atoms with van der Waals surface area (Å²) in [6, 6.07) is 19.4. The number of anilines is 1. The van der Waals surface area contributed by atoms with Gasteiger partial charge in [0.15, 0.2) is 21.1 Å². The Kier molecular flexibility index (Phi) is 10.0. The monoisotopic (exact) mass is 664 g/mol. The lowest BCUT2D eigenvalue weighted by molar-refractivity contribution is -0.121. The minimum Gasteiger partial charge on any atom is -0.326 e. The molecule has 6 rings (SSSR count). The zero-order valence-corrected chi connectivity index (χ0v) is 29.0. The molecule has 10 heteroatoms. The summed E-state index contributed by atoms with van der Waals surface area (Å²) in [7, 11) is -3.34. The van der Waals surface area contributed by atoms with Crippen LogP contribution in [0.25, 0.3) is 27.9 Å². The second-order valence-electron chi connectivity index (χ2n) is 12.9. The van der Waals surface area contributed by atoms with Crippen molar-refractivity contribution < 1.29 is 13.2 Å². The van der Waals surface area contributed by atoms with Crippen molar-refractivity contribution in [2.75, 3.05) is 24.7 Å². The SMILES string of the molecule is CC=CCCC(CC)c1cc2cnc3cc(C)nn3c2nc1-c1ccc(CN2CCC(C(=O)Nc3cccc(S(C)(=O)=O)c3)CC2)cc1. The maximum Gasteiger partial charge on any atom is 0.227 e. The first-order chi connectivity index (χ1) is 23.1. The number of hydrogen-bond acceptors (Lipinski definition) is 7. The molecule has 1 amide bonds. The van der Waals surface area contributed by atoms with Gasteiger partial charge in [0.25, 0.3) is 0 Å². The van der Waals surface area contributed by atoms with E-state index in [1.54, 1.807) is 18.2 Å². The number of carbonyl (C=O) groups excluding carboxylic acids is 1. The number of piperidine rings is 1. The first-order valence-electron chi connectivity index (χ1n) is 16.8. The molecule has 0 radical (unpaired) electrons. The summed E-state index contributed by atoms with van der Waals surface area (Å²) in [4.78, 5) is 25.5. The fraction of sp³-hybridized carbons (Fsp3) is 0.368. The number of fused-ring (bicyclic) bond motifs is 3. The van der Waals surface area contributed by atoms with Gasteiger partial charge >= 0.3 is 0 Å². The predicted molar refractivity (Wildman–Crippen MR) is 192 cm³/mol. The molecule has 9 nitrogen and oxygen atoms in total. The molecule has 1 aliphatic rings. The van der Waals surface area contributed by atoms with Crippen molar-refractivity contribution in [2.45, 2.75) is 70.2 Å². The Bertz CT molecular complexity index is 2060. The van der Waals surface area contributed by atoms with E-state index in [1.807, 2.05) is 23.7 Å². The molecule has 0 spiro atoms. The van der Waals surface area contributed by atoms with Gasteiger partial charge in [-0.05, 0) is 100 Å². The van der Waals surface area contributed by atoms with Crippen LogP contribution in [0.15, 0.2) is 83.9 Å². The van der Waals surface area contributed by atoms with E-state index < -0.39 is 9.84 Å². The molecule has 1 saturated heterocycles. The Hall–Kier alpha value is -4.41. The number of aromatic nitrogens is 4. The van der Waals surface area contributed by atoms with E-state index in [-0.39, 0.29) is 16.7 Å². The minimum atomic E-state index is -3.34. The van der Waals surface area contributed by atoms with E-state index in [0.29, 0.717) is 11.6 Å². The fourth-order valence-corrected chi connectivity index (χ4v) is 7.35. The lowest BCUT2D eigenvalue weighted by Crippen LogP contribution is -2.37. The molecule has 1 aliphatic heterocycles. The Morgan fingerprint density at radius 3 is 2.56 bits per heavy atom. The molecule has 1 unspecified atom stereocenters. The predicted octanol–water partition coefficient (Wildman–Crippen LogP) is 7.36. The molecule has 1 N–H and O–H groups in total. The number of amides is 1. The van der Waals surface area contributed by atoms with Crippen LogP contribution in [-0.4, -0.2) is 58.2 Å². The average molecular weight is 665 g/mol. The summed E-state index contributed by atoms with van der Waals surface area (Å²) < 4.78 is 25.7. The van der Waals surface area contributed by atoms with Crippen molar-refractivity contribution >= 4 is 38.1 Å². The summed E-state index contributed by atoms with van der Waals surface area (Å²) in [6.45, 7) is 8.73. The van der Waals surface area contributed by atoms with Crippen LogP contribution in [0.4, 0.5) is 5.69 Å². The van der Waals surface area contributed by atoms with Crippen LogP contribution in [0.5, 0.6) is 0 Å². The number of carbonyl (C=O) groups is 1. The highest BCUT2D eigenvalue weighted by atomic mass is 32.2. The number of likely N-dealkylation sites (tertiary alicyclic amines) is 1. The molecule has 0 bridgehead atoms. The maximum absolute atomic E-state index is 13.0. The van der Waals surface area contributed by atoms with Crippen LogP contribution in [-0.2, 0) is 21.2 Å². The van der Waals surface area contributed by atoms with Gasteiger partial charge in [0.05, 0.1) is 16.3 Å². The molecule has 250 valence electrons. The Morgan fingerprint density at radius 1 is 1.08 bits per heavy atom. The van der Waals surface area contributed by atoms with Gasteiger partial charge in [0, 0.05) is 47.6 Å². The van der Waals surface area contributed by atoms with Crippen molar-refractivity contribution in [3.63, 3.8) is 0 Å². The quantitative estimate of drug-likeness (QED) is 0.147. The summed E-state index contributed by atoms with van der Waals surface area (Å²) >= 11 is 0. The minimum absolute atomic E-state index is 0.0576. The Morgan fingerprint density at radius 2 is 1.85 bits per heavy atom. The number of nitrogens with one attached hydrogen (secondary N) is 1.